The molecule has 2 unspecified atom stereocenters. The Morgan fingerprint density at radius 3 is 2.72 bits per heavy atom. The van der Waals surface area contributed by atoms with Crippen molar-refractivity contribution in [1.29, 1.82) is 0 Å². The van der Waals surface area contributed by atoms with Crippen molar-refractivity contribution in [2.75, 3.05) is 18.0 Å². The van der Waals surface area contributed by atoms with Gasteiger partial charge in [0, 0.05) is 29.6 Å². The molecule has 2 rings (SSSR count). The lowest BCUT2D eigenvalue weighted by Crippen LogP contribution is -2.57. The topological polar surface area (TPSA) is 15.3 Å². The molecule has 1 aromatic rings. The van der Waals surface area contributed by atoms with Crippen molar-refractivity contribution >= 4 is 21.6 Å². The van der Waals surface area contributed by atoms with Crippen molar-refractivity contribution in [2.45, 2.75) is 39.8 Å². The molecule has 0 radical (unpaired) electrons. The minimum Gasteiger partial charge on any atom is -0.365 e. The first-order chi connectivity index (χ1) is 8.49. The summed E-state index contributed by atoms with van der Waals surface area (Å²) in [5.74, 6) is 0.671. The summed E-state index contributed by atoms with van der Waals surface area (Å²) in [5.41, 5.74) is 2.62. The highest BCUT2D eigenvalue weighted by atomic mass is 79.9. The third-order valence-corrected chi connectivity index (χ3v) is 4.45. The van der Waals surface area contributed by atoms with E-state index >= 15 is 0 Å². The van der Waals surface area contributed by atoms with Crippen LogP contribution in [-0.4, -0.2) is 25.2 Å². The minimum absolute atomic E-state index is 0.541. The lowest BCUT2D eigenvalue weighted by Gasteiger charge is -2.42. The normalized spacial score (nSPS) is 24.7. The highest BCUT2D eigenvalue weighted by molar-refractivity contribution is 9.10. The molecule has 1 fully saturated rings. The van der Waals surface area contributed by atoms with Crippen LogP contribution in [0.15, 0.2) is 22.7 Å². The molecule has 3 heteroatoms. The Bertz CT molecular complexity index is 417. The van der Waals surface area contributed by atoms with E-state index in [2.05, 4.69) is 72.0 Å². The largest absolute Gasteiger partial charge is 0.365 e. The highest BCUT2D eigenvalue weighted by Crippen LogP contribution is 2.30. The first-order valence-electron chi connectivity index (χ1n) is 6.75. The van der Waals surface area contributed by atoms with Gasteiger partial charge in [0.05, 0.1) is 5.69 Å². The molecular formula is C15H23BrN2. The van der Waals surface area contributed by atoms with E-state index in [0.717, 1.165) is 13.1 Å². The molecule has 0 bridgehead atoms. The molecule has 100 valence electrons. The predicted molar refractivity (Wildman–Crippen MR) is 82.3 cm³/mol. The molecule has 0 saturated carbocycles. The summed E-state index contributed by atoms with van der Waals surface area (Å²) in [6.07, 6.45) is 0. The van der Waals surface area contributed by atoms with Gasteiger partial charge in [0.15, 0.2) is 0 Å². The average molecular weight is 311 g/mol. The summed E-state index contributed by atoms with van der Waals surface area (Å²) in [6, 6.07) is 7.75. The van der Waals surface area contributed by atoms with E-state index in [-0.39, 0.29) is 0 Å². The third kappa shape index (κ3) is 2.89. The molecular weight excluding hydrogens is 288 g/mol. The maximum Gasteiger partial charge on any atom is 0.0514 e. The zero-order chi connectivity index (χ0) is 13.3. The molecule has 0 aromatic heterocycles. The van der Waals surface area contributed by atoms with Gasteiger partial charge in [-0.05, 0) is 53.4 Å². The molecule has 0 amide bonds. The van der Waals surface area contributed by atoms with Crippen molar-refractivity contribution in [3.8, 4) is 0 Å². The highest BCUT2D eigenvalue weighted by Gasteiger charge is 2.27. The van der Waals surface area contributed by atoms with Crippen molar-refractivity contribution in [3.05, 3.63) is 28.2 Å². The SMILES string of the molecule is Cc1ccc(N2CC(C(C)C)NCC2C)c(Br)c1. The zero-order valence-electron chi connectivity index (χ0n) is 11.7. The fourth-order valence-electron chi connectivity index (χ4n) is 2.52. The van der Waals surface area contributed by atoms with E-state index in [1.165, 1.54) is 15.7 Å². The Balaban J connectivity index is 2.24. The van der Waals surface area contributed by atoms with Crippen molar-refractivity contribution in [2.24, 2.45) is 5.92 Å². The second-order valence-electron chi connectivity index (χ2n) is 5.72. The molecule has 1 aliphatic rings. The Labute approximate surface area is 119 Å². The van der Waals surface area contributed by atoms with E-state index in [9.17, 15) is 0 Å². The van der Waals surface area contributed by atoms with Gasteiger partial charge in [-0.25, -0.2) is 0 Å². The Morgan fingerprint density at radius 2 is 2.11 bits per heavy atom. The number of hydrogen-bond donors (Lipinski definition) is 1. The summed E-state index contributed by atoms with van der Waals surface area (Å²) in [5, 5.41) is 3.64. The van der Waals surface area contributed by atoms with Crippen LogP contribution in [0.4, 0.5) is 5.69 Å². The van der Waals surface area contributed by atoms with Gasteiger partial charge in [-0.1, -0.05) is 19.9 Å². The first-order valence-corrected chi connectivity index (χ1v) is 7.54. The number of benzene rings is 1. The zero-order valence-corrected chi connectivity index (χ0v) is 13.3. The van der Waals surface area contributed by atoms with Gasteiger partial charge < -0.3 is 10.2 Å². The molecule has 2 nitrogen and oxygen atoms in total. The van der Waals surface area contributed by atoms with E-state index in [1.54, 1.807) is 0 Å². The van der Waals surface area contributed by atoms with E-state index in [0.29, 0.717) is 18.0 Å². The van der Waals surface area contributed by atoms with Gasteiger partial charge in [-0.3, -0.25) is 0 Å². The second-order valence-corrected chi connectivity index (χ2v) is 6.57. The number of rotatable bonds is 2. The molecule has 0 spiro atoms. The third-order valence-electron chi connectivity index (χ3n) is 3.82. The number of nitrogens with zero attached hydrogens (tertiary/aromatic N) is 1. The number of anilines is 1. The van der Waals surface area contributed by atoms with E-state index in [4.69, 9.17) is 0 Å². The monoisotopic (exact) mass is 310 g/mol. The molecule has 1 aliphatic heterocycles. The van der Waals surface area contributed by atoms with Crippen LogP contribution in [0, 0.1) is 12.8 Å². The minimum atomic E-state index is 0.541. The fourth-order valence-corrected chi connectivity index (χ4v) is 3.24. The Hall–Kier alpha value is -0.540. The number of hydrogen-bond acceptors (Lipinski definition) is 2. The van der Waals surface area contributed by atoms with Gasteiger partial charge in [0.25, 0.3) is 0 Å². The van der Waals surface area contributed by atoms with Crippen LogP contribution in [0.2, 0.25) is 0 Å². The molecule has 0 aliphatic carbocycles. The second kappa shape index (κ2) is 5.62. The lowest BCUT2D eigenvalue weighted by molar-refractivity contribution is 0.337. The molecule has 18 heavy (non-hydrogen) atoms. The van der Waals surface area contributed by atoms with Crippen molar-refractivity contribution in [1.82, 2.24) is 5.32 Å². The van der Waals surface area contributed by atoms with Crippen LogP contribution >= 0.6 is 15.9 Å². The van der Waals surface area contributed by atoms with Crippen LogP contribution in [-0.2, 0) is 0 Å². The summed E-state index contributed by atoms with van der Waals surface area (Å²) < 4.78 is 1.21. The fraction of sp³-hybridized carbons (Fsp3) is 0.600. The first kappa shape index (κ1) is 13.9. The van der Waals surface area contributed by atoms with Gasteiger partial charge in [-0.2, -0.15) is 0 Å². The van der Waals surface area contributed by atoms with Gasteiger partial charge in [0.2, 0.25) is 0 Å². The number of aryl methyl sites for hydroxylation is 1. The molecule has 1 aromatic carbocycles. The van der Waals surface area contributed by atoms with E-state index in [1.807, 2.05) is 0 Å². The maximum atomic E-state index is 3.71. The van der Waals surface area contributed by atoms with Crippen molar-refractivity contribution < 1.29 is 0 Å². The van der Waals surface area contributed by atoms with Crippen LogP contribution in [0.5, 0.6) is 0 Å². The molecule has 2 atom stereocenters. The van der Waals surface area contributed by atoms with Crippen molar-refractivity contribution in [3.63, 3.8) is 0 Å². The van der Waals surface area contributed by atoms with Crippen LogP contribution in [0.1, 0.15) is 26.3 Å². The number of piperazine rings is 1. The molecule has 1 heterocycles. The number of halogens is 1. The maximum absolute atomic E-state index is 3.71. The summed E-state index contributed by atoms with van der Waals surface area (Å²) in [4.78, 5) is 2.52. The summed E-state index contributed by atoms with van der Waals surface area (Å²) in [6.45, 7) is 11.1. The van der Waals surface area contributed by atoms with Crippen LogP contribution in [0.25, 0.3) is 0 Å². The lowest BCUT2D eigenvalue weighted by atomic mass is 9.99. The van der Waals surface area contributed by atoms with Gasteiger partial charge >= 0.3 is 0 Å². The van der Waals surface area contributed by atoms with Gasteiger partial charge in [-0.15, -0.1) is 0 Å². The summed E-state index contributed by atoms with van der Waals surface area (Å²) >= 11 is 3.71. The smallest absolute Gasteiger partial charge is 0.0514 e. The van der Waals surface area contributed by atoms with Crippen LogP contribution < -0.4 is 10.2 Å². The van der Waals surface area contributed by atoms with Gasteiger partial charge in [0.1, 0.15) is 0 Å². The molecule has 1 saturated heterocycles. The quantitative estimate of drug-likeness (QED) is 0.898. The number of nitrogens with one attached hydrogen (secondary N) is 1. The Kier molecular flexibility index (Phi) is 4.33. The summed E-state index contributed by atoms with van der Waals surface area (Å²) in [7, 11) is 0. The average Bonchev–Trinajstić information content (AvgIpc) is 2.30. The van der Waals surface area contributed by atoms with Crippen LogP contribution in [0.3, 0.4) is 0 Å². The Morgan fingerprint density at radius 1 is 1.39 bits per heavy atom. The standard InChI is InChI=1S/C15H23BrN2/c1-10(2)14-9-18(12(4)8-17-14)15-6-5-11(3)7-13(15)16/h5-7,10,12,14,17H,8-9H2,1-4H3. The van der Waals surface area contributed by atoms with E-state index < -0.39 is 0 Å². The predicted octanol–water partition coefficient (Wildman–Crippen LogP) is 3.58. The molecule has 1 N–H and O–H groups in total.